The predicted molar refractivity (Wildman–Crippen MR) is 95.5 cm³/mol. The zero-order valence-corrected chi connectivity index (χ0v) is 14.7. The first-order valence-corrected chi connectivity index (χ1v) is 8.59. The minimum Gasteiger partial charge on any atom is -0.392 e. The lowest BCUT2D eigenvalue weighted by Crippen LogP contribution is -2.16. The number of thiophene rings is 1. The van der Waals surface area contributed by atoms with E-state index in [-0.39, 0.29) is 0 Å². The largest absolute Gasteiger partial charge is 0.392 e. The number of anilines is 1. The lowest BCUT2D eigenvalue weighted by Gasteiger charge is -2.10. The number of fused-ring (bicyclic) bond motifs is 1. The van der Waals surface area contributed by atoms with Crippen LogP contribution in [0, 0.1) is 6.92 Å². The van der Waals surface area contributed by atoms with Gasteiger partial charge in [-0.1, -0.05) is 28.1 Å². The highest BCUT2D eigenvalue weighted by molar-refractivity contribution is 9.10. The van der Waals surface area contributed by atoms with E-state index in [1.54, 1.807) is 24.6 Å². The van der Waals surface area contributed by atoms with Crippen LogP contribution in [0.2, 0.25) is 0 Å². The number of aromatic nitrogens is 2. The molecule has 3 rings (SSSR count). The zero-order valence-electron chi connectivity index (χ0n) is 12.3. The Labute approximate surface area is 141 Å². The first kappa shape index (κ1) is 15.4. The summed E-state index contributed by atoms with van der Waals surface area (Å²) in [5.74, 6) is 0.771. The summed E-state index contributed by atoms with van der Waals surface area (Å²) < 4.78 is 1.05. The molecule has 0 amide bonds. The fourth-order valence-corrected chi connectivity index (χ4v) is 3.66. The van der Waals surface area contributed by atoms with Crippen molar-refractivity contribution in [3.8, 4) is 11.1 Å². The third-order valence-electron chi connectivity index (χ3n) is 3.36. The number of nitrogens with one attached hydrogen (secondary N) is 1. The Bertz CT molecular complexity index is 799. The van der Waals surface area contributed by atoms with Crippen LogP contribution < -0.4 is 5.32 Å². The van der Waals surface area contributed by atoms with Gasteiger partial charge in [0.15, 0.2) is 0 Å². The molecule has 3 aromatic rings. The Kier molecular flexibility index (Phi) is 4.42. The van der Waals surface area contributed by atoms with Gasteiger partial charge in [-0.2, -0.15) is 0 Å². The highest BCUT2D eigenvalue weighted by Crippen LogP contribution is 2.40. The molecule has 2 N–H and O–H groups in total. The van der Waals surface area contributed by atoms with Gasteiger partial charge in [0.25, 0.3) is 0 Å². The van der Waals surface area contributed by atoms with Crippen LogP contribution in [0.5, 0.6) is 0 Å². The number of aliphatic hydroxyl groups is 1. The summed E-state index contributed by atoms with van der Waals surface area (Å²) in [6.07, 6.45) is 1.13. The van der Waals surface area contributed by atoms with Crippen molar-refractivity contribution in [2.45, 2.75) is 20.0 Å². The van der Waals surface area contributed by atoms with E-state index in [0.717, 1.165) is 31.6 Å². The Morgan fingerprint density at radius 1 is 1.27 bits per heavy atom. The maximum Gasteiger partial charge on any atom is 0.138 e. The summed E-state index contributed by atoms with van der Waals surface area (Å²) in [6, 6.07) is 8.24. The zero-order chi connectivity index (χ0) is 15.7. The Morgan fingerprint density at radius 2 is 2.00 bits per heavy atom. The van der Waals surface area contributed by atoms with E-state index in [9.17, 15) is 5.11 Å². The molecule has 114 valence electrons. The summed E-state index contributed by atoms with van der Waals surface area (Å²) in [5.41, 5.74) is 2.29. The SMILES string of the molecule is Cc1sc2ncnc(NCC(C)O)c2c1-c1ccc(Br)cc1. The number of nitrogens with zero attached hydrogens (tertiary/aromatic N) is 2. The van der Waals surface area contributed by atoms with E-state index in [1.165, 1.54) is 4.88 Å². The number of aryl methyl sites for hydroxylation is 1. The molecule has 0 saturated heterocycles. The molecule has 0 aliphatic carbocycles. The number of benzene rings is 1. The third kappa shape index (κ3) is 2.99. The van der Waals surface area contributed by atoms with Crippen molar-refractivity contribution in [2.24, 2.45) is 0 Å². The standard InChI is InChI=1S/C16H16BrN3OS/c1-9(21)7-18-15-14-13(11-3-5-12(17)6-4-11)10(2)22-16(14)20-8-19-15/h3-6,8-9,21H,7H2,1-2H3,(H,18,19,20). The molecule has 2 aromatic heterocycles. The minimum absolute atomic E-state index is 0.430. The van der Waals surface area contributed by atoms with Crippen LogP contribution in [0.4, 0.5) is 5.82 Å². The van der Waals surface area contributed by atoms with Crippen molar-refractivity contribution < 1.29 is 5.11 Å². The number of rotatable bonds is 4. The quantitative estimate of drug-likeness (QED) is 0.714. The van der Waals surface area contributed by atoms with E-state index in [0.29, 0.717) is 6.54 Å². The monoisotopic (exact) mass is 377 g/mol. The molecule has 1 unspecified atom stereocenters. The van der Waals surface area contributed by atoms with Crippen molar-refractivity contribution in [1.82, 2.24) is 9.97 Å². The summed E-state index contributed by atoms with van der Waals surface area (Å²) in [5, 5.41) is 13.7. The molecule has 2 heterocycles. The van der Waals surface area contributed by atoms with Gasteiger partial charge in [-0.05, 0) is 31.5 Å². The molecule has 4 nitrogen and oxygen atoms in total. The topological polar surface area (TPSA) is 58.0 Å². The average molecular weight is 378 g/mol. The molecule has 0 radical (unpaired) electrons. The lowest BCUT2D eigenvalue weighted by molar-refractivity contribution is 0.208. The van der Waals surface area contributed by atoms with Gasteiger partial charge in [0.1, 0.15) is 17.0 Å². The molecule has 0 aliphatic rings. The molecule has 0 fully saturated rings. The minimum atomic E-state index is -0.430. The first-order valence-electron chi connectivity index (χ1n) is 6.98. The molecule has 1 atom stereocenters. The molecular weight excluding hydrogens is 362 g/mol. The van der Waals surface area contributed by atoms with Gasteiger partial charge in [0, 0.05) is 21.5 Å². The molecule has 6 heteroatoms. The van der Waals surface area contributed by atoms with Crippen molar-refractivity contribution in [3.05, 3.63) is 39.9 Å². The Balaban J connectivity index is 2.16. The summed E-state index contributed by atoms with van der Waals surface area (Å²) in [7, 11) is 0. The molecule has 1 aromatic carbocycles. The van der Waals surface area contributed by atoms with Gasteiger partial charge >= 0.3 is 0 Å². The molecule has 0 bridgehead atoms. The van der Waals surface area contributed by atoms with Crippen molar-refractivity contribution >= 4 is 43.3 Å². The van der Waals surface area contributed by atoms with Gasteiger partial charge < -0.3 is 10.4 Å². The van der Waals surface area contributed by atoms with E-state index in [1.807, 2.05) is 12.1 Å². The van der Waals surface area contributed by atoms with E-state index >= 15 is 0 Å². The van der Waals surface area contributed by atoms with E-state index in [2.05, 4.69) is 50.3 Å². The molecule has 0 saturated carbocycles. The van der Waals surface area contributed by atoms with Gasteiger partial charge in [-0.25, -0.2) is 9.97 Å². The average Bonchev–Trinajstić information content (AvgIpc) is 2.82. The van der Waals surface area contributed by atoms with Crippen LogP contribution in [-0.2, 0) is 0 Å². The maximum atomic E-state index is 9.50. The van der Waals surface area contributed by atoms with Crippen LogP contribution in [-0.4, -0.2) is 27.7 Å². The summed E-state index contributed by atoms with van der Waals surface area (Å²) in [4.78, 5) is 10.9. The van der Waals surface area contributed by atoms with Crippen LogP contribution in [0.15, 0.2) is 35.1 Å². The second kappa shape index (κ2) is 6.32. The Hall–Kier alpha value is -1.50. The van der Waals surface area contributed by atoms with Gasteiger partial charge in [0.05, 0.1) is 11.5 Å². The molecular formula is C16H16BrN3OS. The van der Waals surface area contributed by atoms with E-state index in [4.69, 9.17) is 0 Å². The van der Waals surface area contributed by atoms with Gasteiger partial charge in [-0.15, -0.1) is 11.3 Å². The van der Waals surface area contributed by atoms with Crippen LogP contribution in [0.25, 0.3) is 21.3 Å². The smallest absolute Gasteiger partial charge is 0.138 e. The summed E-state index contributed by atoms with van der Waals surface area (Å²) >= 11 is 5.13. The fraction of sp³-hybridized carbons (Fsp3) is 0.250. The Morgan fingerprint density at radius 3 is 2.68 bits per heavy atom. The normalized spacial score (nSPS) is 12.5. The lowest BCUT2D eigenvalue weighted by atomic mass is 10.0. The van der Waals surface area contributed by atoms with Crippen LogP contribution in [0.3, 0.4) is 0 Å². The highest BCUT2D eigenvalue weighted by Gasteiger charge is 2.16. The van der Waals surface area contributed by atoms with Crippen molar-refractivity contribution in [1.29, 1.82) is 0 Å². The summed E-state index contributed by atoms with van der Waals surface area (Å²) in [6.45, 7) is 4.31. The fourth-order valence-electron chi connectivity index (χ4n) is 2.39. The third-order valence-corrected chi connectivity index (χ3v) is 4.90. The van der Waals surface area contributed by atoms with Crippen molar-refractivity contribution in [3.63, 3.8) is 0 Å². The van der Waals surface area contributed by atoms with Crippen molar-refractivity contribution in [2.75, 3.05) is 11.9 Å². The molecule has 0 spiro atoms. The van der Waals surface area contributed by atoms with Crippen LogP contribution >= 0.6 is 27.3 Å². The maximum absolute atomic E-state index is 9.50. The highest BCUT2D eigenvalue weighted by atomic mass is 79.9. The van der Waals surface area contributed by atoms with Crippen LogP contribution in [0.1, 0.15) is 11.8 Å². The number of halogens is 1. The van der Waals surface area contributed by atoms with Gasteiger partial charge in [0.2, 0.25) is 0 Å². The number of hydrogen-bond acceptors (Lipinski definition) is 5. The number of aliphatic hydroxyl groups excluding tert-OH is 1. The second-order valence-corrected chi connectivity index (χ2v) is 7.29. The molecule has 0 aliphatic heterocycles. The molecule has 22 heavy (non-hydrogen) atoms. The second-order valence-electron chi connectivity index (χ2n) is 5.17. The van der Waals surface area contributed by atoms with Gasteiger partial charge in [-0.3, -0.25) is 0 Å². The number of hydrogen-bond donors (Lipinski definition) is 2. The van der Waals surface area contributed by atoms with E-state index < -0.39 is 6.10 Å². The predicted octanol–water partition coefficient (Wildman–Crippen LogP) is 4.22. The first-order chi connectivity index (χ1) is 10.6.